The van der Waals surface area contributed by atoms with Gasteiger partial charge in [-0.3, -0.25) is 10.0 Å². The first-order valence-electron chi connectivity index (χ1n) is 11.9. The average molecular weight is 537 g/mol. The standard InChI is InChI=1S/C24H28N10O3S/c1-32(24-25-12-15(13-26-24)23(35)30-36)14-18-27-19-21(33(18)2)28-20(16-6-4-5-7-17(16)31-38-3)29-22(19)34-8-10-37-11-9-34/h4-7,12-13,31,36H,8-11,14H2,1-3H3,(H,30,35). The number of hydroxylamine groups is 1. The van der Waals surface area contributed by atoms with Crippen LogP contribution in [0.15, 0.2) is 36.7 Å². The van der Waals surface area contributed by atoms with Gasteiger partial charge in [-0.2, -0.15) is 0 Å². The van der Waals surface area contributed by atoms with E-state index in [-0.39, 0.29) is 5.56 Å². The van der Waals surface area contributed by atoms with Crippen LogP contribution in [0.25, 0.3) is 22.6 Å². The smallest absolute Gasteiger partial charge is 0.277 e. The Morgan fingerprint density at radius 2 is 1.89 bits per heavy atom. The summed E-state index contributed by atoms with van der Waals surface area (Å²) < 4.78 is 10.9. The number of rotatable bonds is 8. The summed E-state index contributed by atoms with van der Waals surface area (Å²) in [7, 11) is 3.77. The topological polar surface area (TPSA) is 146 Å². The van der Waals surface area contributed by atoms with Crippen LogP contribution < -0.4 is 20.0 Å². The molecule has 198 valence electrons. The van der Waals surface area contributed by atoms with Crippen LogP contribution in [0, 0.1) is 0 Å². The Labute approximate surface area is 223 Å². The summed E-state index contributed by atoms with van der Waals surface area (Å²) in [4.78, 5) is 39.0. The van der Waals surface area contributed by atoms with Crippen molar-refractivity contribution >= 4 is 46.5 Å². The summed E-state index contributed by atoms with van der Waals surface area (Å²) in [5, 5.41) is 8.81. The Bertz CT molecular complexity index is 1440. The highest BCUT2D eigenvalue weighted by molar-refractivity contribution is 7.99. The van der Waals surface area contributed by atoms with Gasteiger partial charge in [-0.05, 0) is 12.1 Å². The first kappa shape index (κ1) is 25.6. The molecule has 3 N–H and O–H groups in total. The van der Waals surface area contributed by atoms with Crippen LogP contribution >= 0.6 is 11.9 Å². The molecule has 0 atom stereocenters. The summed E-state index contributed by atoms with van der Waals surface area (Å²) >= 11 is 1.51. The summed E-state index contributed by atoms with van der Waals surface area (Å²) in [6.45, 7) is 3.05. The molecule has 1 aliphatic rings. The van der Waals surface area contributed by atoms with E-state index in [2.05, 4.69) is 19.6 Å². The number of para-hydroxylation sites is 1. The molecule has 3 aromatic heterocycles. The number of ether oxygens (including phenoxy) is 1. The Morgan fingerprint density at radius 1 is 1.16 bits per heavy atom. The van der Waals surface area contributed by atoms with Crippen molar-refractivity contribution in [3.63, 3.8) is 0 Å². The number of carbonyl (C=O) groups is 1. The van der Waals surface area contributed by atoms with Crippen LogP contribution in [0.4, 0.5) is 17.5 Å². The fourth-order valence-electron chi connectivity index (χ4n) is 4.21. The van der Waals surface area contributed by atoms with Crippen molar-refractivity contribution in [2.75, 3.05) is 54.1 Å². The quantitative estimate of drug-likeness (QED) is 0.172. The zero-order chi connectivity index (χ0) is 26.6. The number of nitrogens with one attached hydrogen (secondary N) is 2. The molecule has 5 rings (SSSR count). The predicted molar refractivity (Wildman–Crippen MR) is 145 cm³/mol. The summed E-state index contributed by atoms with van der Waals surface area (Å²) in [5.74, 6) is 1.87. The second-order valence-electron chi connectivity index (χ2n) is 8.65. The second-order valence-corrected chi connectivity index (χ2v) is 9.26. The molecule has 4 aromatic rings. The monoisotopic (exact) mass is 536 g/mol. The largest absolute Gasteiger partial charge is 0.378 e. The van der Waals surface area contributed by atoms with Crippen molar-refractivity contribution in [3.8, 4) is 11.4 Å². The first-order valence-corrected chi connectivity index (χ1v) is 13.1. The van der Waals surface area contributed by atoms with Gasteiger partial charge in [0.15, 0.2) is 22.8 Å². The molecule has 1 saturated heterocycles. The van der Waals surface area contributed by atoms with Gasteiger partial charge in [0.2, 0.25) is 5.95 Å². The fraction of sp³-hybridized carbons (Fsp3) is 0.333. The van der Waals surface area contributed by atoms with Gasteiger partial charge < -0.3 is 23.8 Å². The number of nitrogens with zero attached hydrogens (tertiary/aromatic N) is 8. The number of aromatic nitrogens is 6. The van der Waals surface area contributed by atoms with E-state index in [0.717, 1.165) is 28.5 Å². The summed E-state index contributed by atoms with van der Waals surface area (Å²) in [6.07, 6.45) is 4.68. The molecule has 4 heterocycles. The van der Waals surface area contributed by atoms with Gasteiger partial charge in [0.05, 0.1) is 31.0 Å². The van der Waals surface area contributed by atoms with Gasteiger partial charge in [-0.25, -0.2) is 30.4 Å². The molecule has 0 aliphatic carbocycles. The van der Waals surface area contributed by atoms with Crippen LogP contribution in [0.3, 0.4) is 0 Å². The minimum Gasteiger partial charge on any atom is -0.378 e. The van der Waals surface area contributed by atoms with Crippen LogP contribution in [0.1, 0.15) is 16.2 Å². The molecule has 1 aliphatic heterocycles. The second kappa shape index (κ2) is 11.2. The molecular weight excluding hydrogens is 508 g/mol. The summed E-state index contributed by atoms with van der Waals surface area (Å²) in [5.41, 5.74) is 5.00. The lowest BCUT2D eigenvalue weighted by molar-refractivity contribution is 0.0705. The number of carbonyl (C=O) groups excluding carboxylic acids is 1. The zero-order valence-corrected chi connectivity index (χ0v) is 22.1. The van der Waals surface area contributed by atoms with Crippen LogP contribution in [-0.4, -0.2) is 80.2 Å². The van der Waals surface area contributed by atoms with Gasteiger partial charge in [0.25, 0.3) is 5.91 Å². The summed E-state index contributed by atoms with van der Waals surface area (Å²) in [6, 6.07) is 7.97. The highest BCUT2D eigenvalue weighted by atomic mass is 32.2. The Kier molecular flexibility index (Phi) is 7.53. The lowest BCUT2D eigenvalue weighted by Gasteiger charge is -2.28. The van der Waals surface area contributed by atoms with Gasteiger partial charge in [0, 0.05) is 51.4 Å². The lowest BCUT2D eigenvalue weighted by Crippen LogP contribution is -2.37. The van der Waals surface area contributed by atoms with Crippen molar-refractivity contribution in [1.29, 1.82) is 0 Å². The van der Waals surface area contributed by atoms with Crippen molar-refractivity contribution in [2.24, 2.45) is 7.05 Å². The highest BCUT2D eigenvalue weighted by Crippen LogP contribution is 2.32. The van der Waals surface area contributed by atoms with Crippen molar-refractivity contribution in [3.05, 3.63) is 48.0 Å². The third-order valence-electron chi connectivity index (χ3n) is 6.21. The third-order valence-corrected chi connectivity index (χ3v) is 6.63. The number of hydrogen-bond acceptors (Lipinski definition) is 12. The Hall–Kier alpha value is -4.01. The van der Waals surface area contributed by atoms with Crippen molar-refractivity contribution in [1.82, 2.24) is 35.0 Å². The molecular formula is C24H28N10O3S. The minimum atomic E-state index is -0.672. The number of anilines is 3. The molecule has 0 radical (unpaired) electrons. The lowest BCUT2D eigenvalue weighted by atomic mass is 10.1. The molecule has 1 amide bonds. The minimum absolute atomic E-state index is 0.154. The highest BCUT2D eigenvalue weighted by Gasteiger charge is 2.24. The number of morpholine rings is 1. The van der Waals surface area contributed by atoms with E-state index in [1.54, 1.807) is 5.48 Å². The Balaban J connectivity index is 1.55. The first-order chi connectivity index (χ1) is 18.5. The van der Waals surface area contributed by atoms with Crippen molar-refractivity contribution in [2.45, 2.75) is 6.54 Å². The predicted octanol–water partition coefficient (Wildman–Crippen LogP) is 2.10. The number of benzene rings is 1. The fourth-order valence-corrected chi connectivity index (χ4v) is 4.61. The maximum Gasteiger partial charge on any atom is 0.277 e. The van der Waals surface area contributed by atoms with E-state index < -0.39 is 5.91 Å². The Morgan fingerprint density at radius 3 is 2.61 bits per heavy atom. The van der Waals surface area contributed by atoms with Crippen molar-refractivity contribution < 1.29 is 14.7 Å². The molecule has 0 unspecified atom stereocenters. The van der Waals surface area contributed by atoms with Gasteiger partial charge in [-0.1, -0.05) is 24.1 Å². The maximum atomic E-state index is 11.6. The third kappa shape index (κ3) is 5.05. The van der Waals surface area contributed by atoms with E-state index in [4.69, 9.17) is 24.9 Å². The van der Waals surface area contributed by atoms with Crippen LogP contribution in [0.2, 0.25) is 0 Å². The van der Waals surface area contributed by atoms with Gasteiger partial charge >= 0.3 is 0 Å². The normalized spacial score (nSPS) is 13.5. The van der Waals surface area contributed by atoms with E-state index in [9.17, 15) is 4.79 Å². The molecule has 0 saturated carbocycles. The van der Waals surface area contributed by atoms with Crippen LogP contribution in [-0.2, 0) is 18.3 Å². The average Bonchev–Trinajstić information content (AvgIpc) is 3.27. The number of hydrogen-bond donors (Lipinski definition) is 3. The van der Waals surface area contributed by atoms with Crippen LogP contribution in [0.5, 0.6) is 0 Å². The number of aryl methyl sites for hydroxylation is 1. The SMILES string of the molecule is CSNc1ccccc1-c1nc(N2CCOCC2)c2nc(CN(C)c3ncc(C(=O)NO)cn3)n(C)c2n1. The van der Waals surface area contributed by atoms with E-state index >= 15 is 0 Å². The zero-order valence-electron chi connectivity index (χ0n) is 21.2. The molecule has 38 heavy (non-hydrogen) atoms. The van der Waals surface area contributed by atoms with E-state index in [1.165, 1.54) is 24.3 Å². The number of imidazole rings is 1. The van der Waals surface area contributed by atoms with Gasteiger partial charge in [0.1, 0.15) is 5.82 Å². The molecule has 0 bridgehead atoms. The molecule has 13 nitrogen and oxygen atoms in total. The van der Waals surface area contributed by atoms with E-state index in [0.29, 0.717) is 50.1 Å². The molecule has 0 spiro atoms. The maximum absolute atomic E-state index is 11.6. The molecule has 14 heteroatoms. The molecule has 1 aromatic carbocycles. The van der Waals surface area contributed by atoms with E-state index in [1.807, 2.05) is 54.1 Å². The molecule has 1 fully saturated rings. The number of amides is 1. The van der Waals surface area contributed by atoms with Gasteiger partial charge in [-0.15, -0.1) is 0 Å². The number of fused-ring (bicyclic) bond motifs is 1.